The second-order valence-electron chi connectivity index (χ2n) is 3.86. The van der Waals surface area contributed by atoms with Crippen LogP contribution in [0.1, 0.15) is 10.4 Å². The van der Waals surface area contributed by atoms with Crippen LogP contribution in [0.3, 0.4) is 0 Å². The maximum absolute atomic E-state index is 11.8. The first kappa shape index (κ1) is 15.4. The number of rotatable bonds is 5. The van der Waals surface area contributed by atoms with Gasteiger partial charge in [0.15, 0.2) is 5.16 Å². The summed E-state index contributed by atoms with van der Waals surface area (Å²) in [5, 5.41) is 17.5. The summed E-state index contributed by atoms with van der Waals surface area (Å²) in [6.45, 7) is 0. The molecule has 1 heterocycles. The molecule has 0 fully saturated rings. The van der Waals surface area contributed by atoms with Gasteiger partial charge in [-0.25, -0.2) is 4.98 Å². The van der Waals surface area contributed by atoms with Gasteiger partial charge in [0.2, 0.25) is 5.91 Å². The summed E-state index contributed by atoms with van der Waals surface area (Å²) in [4.78, 5) is 37.4. The van der Waals surface area contributed by atoms with Gasteiger partial charge in [-0.05, 0) is 6.07 Å². The number of H-pyrrole nitrogens is 1. The van der Waals surface area contributed by atoms with Crippen molar-refractivity contribution in [1.29, 1.82) is 0 Å². The van der Waals surface area contributed by atoms with Gasteiger partial charge < -0.3 is 0 Å². The van der Waals surface area contributed by atoms with Gasteiger partial charge in [0.05, 0.1) is 10.7 Å². The SMILES string of the molecule is O=C(CSc1ncn[nH]1)NNC(=O)c1ccccc1[N+](=O)[O-]. The van der Waals surface area contributed by atoms with Crippen LogP contribution < -0.4 is 10.9 Å². The van der Waals surface area contributed by atoms with Crippen LogP contribution in [0.15, 0.2) is 35.7 Å². The number of hydrogen-bond acceptors (Lipinski definition) is 7. The maximum Gasteiger partial charge on any atom is 0.282 e. The summed E-state index contributed by atoms with van der Waals surface area (Å²) < 4.78 is 0. The molecule has 2 amide bonds. The lowest BCUT2D eigenvalue weighted by molar-refractivity contribution is -0.385. The molecule has 11 heteroatoms. The van der Waals surface area contributed by atoms with Gasteiger partial charge in [-0.2, -0.15) is 5.10 Å². The lowest BCUT2D eigenvalue weighted by Gasteiger charge is -2.07. The molecule has 0 bridgehead atoms. The Morgan fingerprint density at radius 2 is 2.09 bits per heavy atom. The Hall–Kier alpha value is -2.95. The number of aromatic amines is 1. The van der Waals surface area contributed by atoms with Crippen LogP contribution in [0.25, 0.3) is 0 Å². The van der Waals surface area contributed by atoms with Crippen LogP contribution in [0.2, 0.25) is 0 Å². The maximum atomic E-state index is 11.8. The number of nitro benzene ring substituents is 1. The van der Waals surface area contributed by atoms with Crippen molar-refractivity contribution < 1.29 is 14.5 Å². The summed E-state index contributed by atoms with van der Waals surface area (Å²) in [7, 11) is 0. The number of thioether (sulfide) groups is 1. The average molecular weight is 322 g/mol. The smallest absolute Gasteiger partial charge is 0.272 e. The van der Waals surface area contributed by atoms with Crippen molar-refractivity contribution in [2.24, 2.45) is 0 Å². The first-order valence-corrected chi connectivity index (χ1v) is 6.87. The molecule has 0 aliphatic carbocycles. The molecule has 1 aromatic heterocycles. The third kappa shape index (κ3) is 4.02. The Labute approximate surface area is 127 Å². The number of aromatic nitrogens is 3. The van der Waals surface area contributed by atoms with E-state index in [0.717, 1.165) is 11.8 Å². The van der Waals surface area contributed by atoms with E-state index in [1.165, 1.54) is 30.6 Å². The van der Waals surface area contributed by atoms with Crippen LogP contribution in [-0.4, -0.2) is 37.7 Å². The fourth-order valence-corrected chi connectivity index (χ4v) is 2.03. The fourth-order valence-electron chi connectivity index (χ4n) is 1.45. The largest absolute Gasteiger partial charge is 0.282 e. The van der Waals surface area contributed by atoms with E-state index in [1.54, 1.807) is 0 Å². The topological polar surface area (TPSA) is 143 Å². The van der Waals surface area contributed by atoms with Crippen molar-refractivity contribution in [1.82, 2.24) is 26.0 Å². The van der Waals surface area contributed by atoms with Crippen LogP contribution in [-0.2, 0) is 4.79 Å². The Bertz CT molecular complexity index is 690. The lowest BCUT2D eigenvalue weighted by atomic mass is 10.2. The molecule has 114 valence electrons. The van der Waals surface area contributed by atoms with Crippen LogP contribution in [0, 0.1) is 10.1 Å². The lowest BCUT2D eigenvalue weighted by Crippen LogP contribution is -2.42. The van der Waals surface area contributed by atoms with Crippen molar-refractivity contribution >= 4 is 29.3 Å². The fraction of sp³-hybridized carbons (Fsp3) is 0.0909. The Morgan fingerprint density at radius 3 is 2.77 bits per heavy atom. The number of amides is 2. The molecule has 2 aromatic rings. The van der Waals surface area contributed by atoms with E-state index >= 15 is 0 Å². The second kappa shape index (κ2) is 7.17. The highest BCUT2D eigenvalue weighted by molar-refractivity contribution is 7.99. The number of hydrazine groups is 1. The molecule has 0 spiro atoms. The van der Waals surface area contributed by atoms with Crippen molar-refractivity contribution in [3.63, 3.8) is 0 Å². The quantitative estimate of drug-likeness (QED) is 0.407. The summed E-state index contributed by atoms with van der Waals surface area (Å²) in [6, 6.07) is 5.43. The molecule has 1 aromatic carbocycles. The minimum Gasteiger partial charge on any atom is -0.272 e. The van der Waals surface area contributed by atoms with Gasteiger partial charge in [-0.1, -0.05) is 23.9 Å². The van der Waals surface area contributed by atoms with Crippen molar-refractivity contribution in [3.05, 3.63) is 46.3 Å². The predicted molar refractivity (Wildman–Crippen MR) is 75.8 cm³/mol. The highest BCUT2D eigenvalue weighted by Crippen LogP contribution is 2.17. The van der Waals surface area contributed by atoms with Gasteiger partial charge in [0, 0.05) is 6.07 Å². The standard InChI is InChI=1S/C11H10N6O4S/c18-9(5-22-11-12-6-13-16-11)14-15-10(19)7-3-1-2-4-8(7)17(20)21/h1-4,6H,5H2,(H,14,18)(H,15,19)(H,12,13,16). The first-order chi connectivity index (χ1) is 10.6. The van der Waals surface area contributed by atoms with Gasteiger partial charge in [-0.3, -0.25) is 35.7 Å². The van der Waals surface area contributed by atoms with Crippen LogP contribution >= 0.6 is 11.8 Å². The monoisotopic (exact) mass is 322 g/mol. The van der Waals surface area contributed by atoms with Gasteiger partial charge in [-0.15, -0.1) is 0 Å². The number of para-hydroxylation sites is 1. The van der Waals surface area contributed by atoms with Gasteiger partial charge >= 0.3 is 0 Å². The number of carbonyl (C=O) groups is 2. The summed E-state index contributed by atoms with van der Waals surface area (Å²) in [6.07, 6.45) is 1.30. The number of nitrogens with zero attached hydrogens (tertiary/aromatic N) is 3. The molecule has 0 aliphatic rings. The van der Waals surface area contributed by atoms with Crippen molar-refractivity contribution in [2.45, 2.75) is 5.16 Å². The Kier molecular flexibility index (Phi) is 5.03. The zero-order valence-corrected chi connectivity index (χ0v) is 11.8. The van der Waals surface area contributed by atoms with Crippen LogP contribution in [0.4, 0.5) is 5.69 Å². The number of nitro groups is 1. The van der Waals surface area contributed by atoms with Crippen molar-refractivity contribution in [3.8, 4) is 0 Å². The summed E-state index contributed by atoms with van der Waals surface area (Å²) in [5.74, 6) is -1.27. The molecule has 10 nitrogen and oxygen atoms in total. The molecule has 0 aliphatic heterocycles. The summed E-state index contributed by atoms with van der Waals surface area (Å²) >= 11 is 1.09. The summed E-state index contributed by atoms with van der Waals surface area (Å²) in [5.41, 5.74) is 3.80. The first-order valence-electron chi connectivity index (χ1n) is 5.88. The Balaban J connectivity index is 1.87. The minimum atomic E-state index is -0.773. The number of benzene rings is 1. The van der Waals surface area contributed by atoms with Gasteiger partial charge in [0.1, 0.15) is 11.9 Å². The zero-order chi connectivity index (χ0) is 15.9. The Morgan fingerprint density at radius 1 is 1.32 bits per heavy atom. The number of hydrogen-bond donors (Lipinski definition) is 3. The minimum absolute atomic E-state index is 0.00758. The van der Waals surface area contributed by atoms with E-state index in [0.29, 0.717) is 5.16 Å². The molecule has 2 rings (SSSR count). The molecule has 3 N–H and O–H groups in total. The molecule has 0 unspecified atom stereocenters. The van der Waals surface area contributed by atoms with Crippen LogP contribution in [0.5, 0.6) is 0 Å². The van der Waals surface area contributed by atoms with E-state index in [-0.39, 0.29) is 17.0 Å². The van der Waals surface area contributed by atoms with Crippen molar-refractivity contribution in [2.75, 3.05) is 5.75 Å². The number of nitrogens with one attached hydrogen (secondary N) is 3. The van der Waals surface area contributed by atoms with Gasteiger partial charge in [0.25, 0.3) is 11.6 Å². The second-order valence-corrected chi connectivity index (χ2v) is 4.82. The predicted octanol–water partition coefficient (Wildman–Crippen LogP) is 0.266. The third-order valence-corrected chi connectivity index (χ3v) is 3.27. The average Bonchev–Trinajstić information content (AvgIpc) is 3.04. The zero-order valence-electron chi connectivity index (χ0n) is 11.0. The molecular formula is C11H10N6O4S. The van der Waals surface area contributed by atoms with E-state index in [4.69, 9.17) is 0 Å². The van der Waals surface area contributed by atoms with E-state index < -0.39 is 16.7 Å². The molecule has 0 saturated heterocycles. The highest BCUT2D eigenvalue weighted by Gasteiger charge is 2.19. The van der Waals surface area contributed by atoms with E-state index in [9.17, 15) is 19.7 Å². The molecule has 0 radical (unpaired) electrons. The molecule has 0 atom stereocenters. The third-order valence-electron chi connectivity index (χ3n) is 2.39. The highest BCUT2D eigenvalue weighted by atomic mass is 32.2. The van der Waals surface area contributed by atoms with E-state index in [1.807, 2.05) is 0 Å². The molecule has 0 saturated carbocycles. The molecule has 22 heavy (non-hydrogen) atoms. The van der Waals surface area contributed by atoms with E-state index in [2.05, 4.69) is 26.0 Å². The molecular weight excluding hydrogens is 312 g/mol. The normalized spacial score (nSPS) is 10.0. The number of carbonyl (C=O) groups excluding carboxylic acids is 2.